The van der Waals surface area contributed by atoms with Crippen LogP contribution in [0.5, 0.6) is 0 Å². The van der Waals surface area contributed by atoms with Crippen molar-refractivity contribution in [3.05, 3.63) is 115 Å². The van der Waals surface area contributed by atoms with E-state index in [9.17, 15) is 30.7 Å². The van der Waals surface area contributed by atoms with Gasteiger partial charge in [0.05, 0.1) is 22.6 Å². The largest absolute Gasteiger partial charge is 0.460 e. The molecule has 0 aliphatic heterocycles. The van der Waals surface area contributed by atoms with Crippen molar-refractivity contribution < 1.29 is 50.8 Å². The second-order valence-corrected chi connectivity index (χ2v) is 8.69. The summed E-state index contributed by atoms with van der Waals surface area (Å²) in [6.07, 6.45) is -5.23. The number of benzene rings is 3. The van der Waals surface area contributed by atoms with Gasteiger partial charge in [0, 0.05) is 32.0 Å². The standard InChI is InChI=1S/C19H13N2.C10H4F7N4.Ir/c1-3-9-15(10-4-1)19-20-17-13-7-8-14-18(17)21(19)16-11-5-2-6-12-16;11-8(12,9(13,14)10(15,16)17)7-19-6(20-21-7)5-3-1-2-4-18-5;/h1-9,11-14H;1-4H;/q2*-1;. The van der Waals surface area contributed by atoms with Gasteiger partial charge < -0.3 is 14.6 Å². The third-order valence-corrected chi connectivity index (χ3v) is 5.90. The van der Waals surface area contributed by atoms with E-state index in [1.807, 2.05) is 60.7 Å². The van der Waals surface area contributed by atoms with Gasteiger partial charge in [0.1, 0.15) is 5.82 Å². The zero-order chi connectivity index (χ0) is 30.0. The van der Waals surface area contributed by atoms with E-state index >= 15 is 0 Å². The predicted molar refractivity (Wildman–Crippen MR) is 139 cm³/mol. The first-order valence-electron chi connectivity index (χ1n) is 12.1. The van der Waals surface area contributed by atoms with Crippen molar-refractivity contribution in [3.8, 4) is 28.6 Å². The van der Waals surface area contributed by atoms with Crippen molar-refractivity contribution >= 4 is 11.0 Å². The van der Waals surface area contributed by atoms with Crippen LogP contribution in [0.25, 0.3) is 39.6 Å². The average molecular weight is 775 g/mol. The van der Waals surface area contributed by atoms with E-state index in [1.54, 1.807) is 0 Å². The Hall–Kier alpha value is -4.42. The van der Waals surface area contributed by atoms with E-state index in [0.717, 1.165) is 28.1 Å². The summed E-state index contributed by atoms with van der Waals surface area (Å²) in [5.74, 6) is -13.7. The normalized spacial score (nSPS) is 11.9. The van der Waals surface area contributed by atoms with Crippen LogP contribution in [-0.4, -0.2) is 36.7 Å². The summed E-state index contributed by atoms with van der Waals surface area (Å²) in [6, 6.07) is 33.9. The first-order valence-corrected chi connectivity index (χ1v) is 12.1. The van der Waals surface area contributed by atoms with Gasteiger partial charge >= 0.3 is 18.0 Å². The van der Waals surface area contributed by atoms with E-state index in [4.69, 9.17) is 4.98 Å². The Bertz CT molecular complexity index is 1770. The topological polar surface area (TPSA) is 70.6 Å². The molecule has 0 atom stereocenters. The summed E-state index contributed by atoms with van der Waals surface area (Å²) >= 11 is 0. The maximum atomic E-state index is 13.3. The molecule has 0 aliphatic carbocycles. The first-order chi connectivity index (χ1) is 20.0. The molecule has 3 aromatic carbocycles. The number of rotatable bonds is 5. The third-order valence-electron chi connectivity index (χ3n) is 5.90. The second-order valence-electron chi connectivity index (χ2n) is 8.69. The molecule has 0 saturated heterocycles. The maximum Gasteiger partial charge on any atom is 0.460 e. The maximum absolute atomic E-state index is 13.3. The van der Waals surface area contributed by atoms with Gasteiger partial charge in [0.25, 0.3) is 0 Å². The van der Waals surface area contributed by atoms with Gasteiger partial charge in [-0.1, -0.05) is 36.4 Å². The van der Waals surface area contributed by atoms with Crippen LogP contribution in [0.4, 0.5) is 30.7 Å². The van der Waals surface area contributed by atoms with Crippen molar-refractivity contribution in [3.63, 3.8) is 0 Å². The number of alkyl halides is 7. The third kappa shape index (κ3) is 6.20. The molecule has 223 valence electrons. The molecule has 0 saturated carbocycles. The summed E-state index contributed by atoms with van der Waals surface area (Å²) in [5.41, 5.74) is 4.11. The quantitative estimate of drug-likeness (QED) is 0.136. The van der Waals surface area contributed by atoms with Crippen LogP contribution in [0.1, 0.15) is 5.82 Å². The summed E-state index contributed by atoms with van der Waals surface area (Å²) in [6.45, 7) is 0. The fourth-order valence-corrected chi connectivity index (χ4v) is 3.87. The molecule has 6 aromatic rings. The van der Waals surface area contributed by atoms with Crippen LogP contribution in [-0.2, 0) is 26.0 Å². The van der Waals surface area contributed by atoms with Gasteiger partial charge in [0.15, 0.2) is 0 Å². The Kier molecular flexibility index (Phi) is 9.12. The second kappa shape index (κ2) is 12.4. The molecule has 3 aromatic heterocycles. The van der Waals surface area contributed by atoms with Crippen LogP contribution >= 0.6 is 0 Å². The van der Waals surface area contributed by atoms with Crippen LogP contribution < -0.4 is 5.10 Å². The molecule has 6 nitrogen and oxygen atoms in total. The van der Waals surface area contributed by atoms with Crippen LogP contribution in [0.3, 0.4) is 0 Å². The molecule has 0 N–H and O–H groups in total. The van der Waals surface area contributed by atoms with Gasteiger partial charge in [0.2, 0.25) is 0 Å². The van der Waals surface area contributed by atoms with Crippen molar-refractivity contribution in [2.24, 2.45) is 0 Å². The number of hydrogen-bond acceptors (Lipinski definition) is 4. The minimum atomic E-state index is -6.46. The molecule has 3 heterocycles. The SMILES string of the molecule is FC(F)(F)C(F)(F)C(F)(F)c1n[n-]c(-c2ccccn2)n1.[Ir].[c-]1ccccc1-c1nc2ccccc2n1-c1ccccc1. The monoisotopic (exact) mass is 775 g/mol. The summed E-state index contributed by atoms with van der Waals surface area (Å²) in [5, 5.41) is 5.66. The molecule has 14 heteroatoms. The minimum absolute atomic E-state index is 0. The molecular weight excluding hydrogens is 758 g/mol. The van der Waals surface area contributed by atoms with Crippen molar-refractivity contribution in [2.75, 3.05) is 0 Å². The van der Waals surface area contributed by atoms with E-state index < -0.39 is 29.7 Å². The van der Waals surface area contributed by atoms with E-state index in [2.05, 4.69) is 49.0 Å². The predicted octanol–water partition coefficient (Wildman–Crippen LogP) is 7.28. The fraction of sp³-hybridized carbons (Fsp3) is 0.103. The molecular formula is C29H17F7IrN6-2. The Morgan fingerprint density at radius 2 is 1.40 bits per heavy atom. The van der Waals surface area contributed by atoms with Crippen molar-refractivity contribution in [1.82, 2.24) is 29.7 Å². The zero-order valence-electron chi connectivity index (χ0n) is 21.5. The van der Waals surface area contributed by atoms with Crippen molar-refractivity contribution in [1.29, 1.82) is 0 Å². The van der Waals surface area contributed by atoms with E-state index in [-0.39, 0.29) is 25.8 Å². The number of imidazole rings is 1. The first kappa shape index (κ1) is 31.5. The summed E-state index contributed by atoms with van der Waals surface area (Å²) in [7, 11) is 0. The van der Waals surface area contributed by atoms with Gasteiger partial charge in [-0.25, -0.2) is 0 Å². The molecule has 0 amide bonds. The van der Waals surface area contributed by atoms with Gasteiger partial charge in [-0.3, -0.25) is 15.1 Å². The van der Waals surface area contributed by atoms with Gasteiger partial charge in [-0.2, -0.15) is 30.7 Å². The van der Waals surface area contributed by atoms with Gasteiger partial charge in [-0.15, -0.1) is 35.9 Å². The molecule has 0 spiro atoms. The molecule has 0 fully saturated rings. The Balaban J connectivity index is 0.000000192. The number of fused-ring (bicyclic) bond motifs is 1. The molecule has 0 aliphatic rings. The van der Waals surface area contributed by atoms with E-state index in [1.165, 1.54) is 24.4 Å². The van der Waals surface area contributed by atoms with E-state index in [0.29, 0.717) is 0 Å². The van der Waals surface area contributed by atoms with Crippen LogP contribution in [0, 0.1) is 6.07 Å². The molecule has 1 radical (unpaired) electrons. The van der Waals surface area contributed by atoms with Crippen molar-refractivity contribution in [2.45, 2.75) is 18.0 Å². The Morgan fingerprint density at radius 3 is 2.05 bits per heavy atom. The molecule has 6 rings (SSSR count). The Morgan fingerprint density at radius 1 is 0.721 bits per heavy atom. The number of nitrogens with zero attached hydrogens (tertiary/aromatic N) is 6. The number of halogens is 7. The molecule has 43 heavy (non-hydrogen) atoms. The summed E-state index contributed by atoms with van der Waals surface area (Å²) in [4.78, 5) is 11.3. The fourth-order valence-electron chi connectivity index (χ4n) is 3.87. The zero-order valence-corrected chi connectivity index (χ0v) is 23.9. The number of hydrogen-bond donors (Lipinski definition) is 0. The van der Waals surface area contributed by atoms with Crippen LogP contribution in [0.2, 0.25) is 0 Å². The number of aromatic nitrogens is 6. The number of pyridine rings is 1. The summed E-state index contributed by atoms with van der Waals surface area (Å²) < 4.78 is 90.5. The smallest absolute Gasteiger partial charge is 0.415 e. The van der Waals surface area contributed by atoms with Crippen LogP contribution in [0.15, 0.2) is 103 Å². The molecule has 0 unspecified atom stereocenters. The average Bonchev–Trinajstić information content (AvgIpc) is 3.65. The van der Waals surface area contributed by atoms with Gasteiger partial charge in [-0.05, 0) is 42.2 Å². The Labute approximate surface area is 253 Å². The minimum Gasteiger partial charge on any atom is -0.415 e. The number of para-hydroxylation sites is 3. The molecule has 0 bridgehead atoms.